The first-order valence-electron chi connectivity index (χ1n) is 5.23. The molecule has 0 spiro atoms. The van der Waals surface area contributed by atoms with E-state index in [0.29, 0.717) is 13.2 Å². The molecule has 0 radical (unpaired) electrons. The molecule has 2 unspecified atom stereocenters. The topological polar surface area (TPSA) is 54.5 Å². The zero-order valence-corrected chi connectivity index (χ0v) is 10.2. The molecule has 1 aromatic rings. The molecule has 2 heterocycles. The molecule has 1 aliphatic rings. The van der Waals surface area contributed by atoms with Crippen LogP contribution in [0.4, 0.5) is 5.13 Å². The highest BCUT2D eigenvalue weighted by Gasteiger charge is 2.33. The van der Waals surface area contributed by atoms with Gasteiger partial charge in [-0.1, -0.05) is 0 Å². The second-order valence-corrected chi connectivity index (χ2v) is 4.52. The third-order valence-electron chi connectivity index (χ3n) is 2.66. The number of aromatic nitrogens is 1. The van der Waals surface area contributed by atoms with Crippen LogP contribution in [0.1, 0.15) is 6.92 Å². The monoisotopic (exact) mass is 241 g/mol. The fraction of sp³-hybridized carbons (Fsp3) is 0.600. The number of nitrogens with zero attached hydrogens (tertiary/aromatic N) is 2. The molecule has 1 saturated heterocycles. The lowest BCUT2D eigenvalue weighted by atomic mass is 10.1. The predicted octanol–water partition coefficient (Wildman–Crippen LogP) is 0.483. The number of carbonyl (C=O) groups excluding carboxylic acids is 1. The number of likely N-dealkylation sites (N-methyl/N-ethyl adjacent to an activating group) is 1. The highest BCUT2D eigenvalue weighted by molar-refractivity contribution is 7.13. The summed E-state index contributed by atoms with van der Waals surface area (Å²) in [6, 6.07) is -0.300. The zero-order valence-electron chi connectivity index (χ0n) is 9.34. The van der Waals surface area contributed by atoms with E-state index in [1.165, 1.54) is 11.3 Å². The highest BCUT2D eigenvalue weighted by Crippen LogP contribution is 2.20. The summed E-state index contributed by atoms with van der Waals surface area (Å²) >= 11 is 1.47. The summed E-state index contributed by atoms with van der Waals surface area (Å²) < 4.78 is 5.56. The van der Waals surface area contributed by atoms with Crippen molar-refractivity contribution in [2.75, 3.05) is 25.1 Å². The van der Waals surface area contributed by atoms with Gasteiger partial charge in [-0.2, -0.15) is 0 Å². The molecular formula is C10H15N3O2S. The number of carbonyl (C=O) groups is 1. The first-order valence-corrected chi connectivity index (χ1v) is 6.11. The number of hydrogen-bond donors (Lipinski definition) is 1. The molecule has 0 bridgehead atoms. The smallest absolute Gasteiger partial charge is 0.248 e. The largest absolute Gasteiger partial charge is 0.374 e. The van der Waals surface area contributed by atoms with Crippen LogP contribution in [0.15, 0.2) is 11.6 Å². The Bertz CT molecular complexity index is 355. The lowest BCUT2D eigenvalue weighted by Gasteiger charge is -2.22. The quantitative estimate of drug-likeness (QED) is 0.818. The van der Waals surface area contributed by atoms with E-state index in [4.69, 9.17) is 4.74 Å². The maximum atomic E-state index is 12.2. The first-order chi connectivity index (χ1) is 7.74. The van der Waals surface area contributed by atoms with E-state index < -0.39 is 0 Å². The van der Waals surface area contributed by atoms with Crippen LogP contribution in [0.2, 0.25) is 0 Å². The fourth-order valence-corrected chi connectivity index (χ4v) is 2.48. The minimum absolute atomic E-state index is 0.0300. The highest BCUT2D eigenvalue weighted by atomic mass is 32.1. The summed E-state index contributed by atoms with van der Waals surface area (Å²) in [4.78, 5) is 18.1. The molecular weight excluding hydrogens is 226 g/mol. The van der Waals surface area contributed by atoms with Crippen LogP contribution in [-0.4, -0.2) is 43.2 Å². The Morgan fingerprint density at radius 1 is 1.69 bits per heavy atom. The van der Waals surface area contributed by atoms with Crippen molar-refractivity contribution < 1.29 is 9.53 Å². The standard InChI is InChI=1S/C10H15N3O2S/c1-7-8(11-2)9(14)13(4-5-15-7)10-12-3-6-16-10/h3,6-8,11H,4-5H2,1-2H3. The lowest BCUT2D eigenvalue weighted by Crippen LogP contribution is -2.49. The maximum Gasteiger partial charge on any atom is 0.248 e. The van der Waals surface area contributed by atoms with E-state index in [1.807, 2.05) is 12.3 Å². The van der Waals surface area contributed by atoms with Crippen molar-refractivity contribution in [2.45, 2.75) is 19.1 Å². The van der Waals surface area contributed by atoms with Gasteiger partial charge in [0.2, 0.25) is 5.91 Å². The summed E-state index contributed by atoms with van der Waals surface area (Å²) in [5.74, 6) is 0.0300. The van der Waals surface area contributed by atoms with E-state index in [0.717, 1.165) is 5.13 Å². The number of thiazole rings is 1. The molecule has 0 saturated carbocycles. The average Bonchev–Trinajstić information content (AvgIpc) is 2.74. The normalized spacial score (nSPS) is 26.9. The van der Waals surface area contributed by atoms with Crippen molar-refractivity contribution in [3.05, 3.63) is 11.6 Å². The van der Waals surface area contributed by atoms with Crippen LogP contribution < -0.4 is 10.2 Å². The van der Waals surface area contributed by atoms with Gasteiger partial charge in [0.25, 0.3) is 0 Å². The van der Waals surface area contributed by atoms with Crippen molar-refractivity contribution in [1.29, 1.82) is 0 Å². The van der Waals surface area contributed by atoms with Crippen molar-refractivity contribution in [3.63, 3.8) is 0 Å². The van der Waals surface area contributed by atoms with Gasteiger partial charge in [-0.3, -0.25) is 9.69 Å². The Balaban J connectivity index is 2.23. The van der Waals surface area contributed by atoms with Crippen LogP contribution in [0.25, 0.3) is 0 Å². The summed E-state index contributed by atoms with van der Waals surface area (Å²) in [5.41, 5.74) is 0. The van der Waals surface area contributed by atoms with Gasteiger partial charge in [0.05, 0.1) is 19.3 Å². The number of rotatable bonds is 2. The van der Waals surface area contributed by atoms with Crippen LogP contribution in [0, 0.1) is 0 Å². The molecule has 1 aliphatic heterocycles. The molecule has 1 aromatic heterocycles. The van der Waals surface area contributed by atoms with E-state index in [-0.39, 0.29) is 18.1 Å². The minimum atomic E-state index is -0.300. The van der Waals surface area contributed by atoms with Gasteiger partial charge >= 0.3 is 0 Å². The second-order valence-electron chi connectivity index (χ2n) is 3.65. The number of nitrogens with one attached hydrogen (secondary N) is 1. The Hall–Kier alpha value is -0.980. The molecule has 1 N–H and O–H groups in total. The van der Waals surface area contributed by atoms with Gasteiger partial charge in [0.15, 0.2) is 5.13 Å². The summed E-state index contributed by atoms with van der Waals surface area (Å²) in [6.45, 7) is 3.02. The average molecular weight is 241 g/mol. The zero-order chi connectivity index (χ0) is 11.5. The molecule has 1 amide bonds. The molecule has 0 aromatic carbocycles. The number of amides is 1. The Morgan fingerprint density at radius 3 is 3.12 bits per heavy atom. The summed E-state index contributed by atoms with van der Waals surface area (Å²) in [6.07, 6.45) is 1.60. The van der Waals surface area contributed by atoms with Gasteiger partial charge in [-0.05, 0) is 14.0 Å². The molecule has 2 atom stereocenters. The third-order valence-corrected chi connectivity index (χ3v) is 3.45. The molecule has 16 heavy (non-hydrogen) atoms. The SMILES string of the molecule is CNC1C(=O)N(c2nccs2)CCOC1C. The molecule has 88 valence electrons. The molecule has 6 heteroatoms. The van der Waals surface area contributed by atoms with Crippen LogP contribution in [0.3, 0.4) is 0 Å². The van der Waals surface area contributed by atoms with E-state index in [1.54, 1.807) is 18.1 Å². The third kappa shape index (κ3) is 2.09. The van der Waals surface area contributed by atoms with Crippen molar-refractivity contribution in [2.24, 2.45) is 0 Å². The van der Waals surface area contributed by atoms with E-state index in [2.05, 4.69) is 10.3 Å². The van der Waals surface area contributed by atoms with E-state index in [9.17, 15) is 4.79 Å². The fourth-order valence-electron chi connectivity index (χ4n) is 1.80. The second kappa shape index (κ2) is 4.90. The van der Waals surface area contributed by atoms with Crippen molar-refractivity contribution in [1.82, 2.24) is 10.3 Å². The Morgan fingerprint density at radius 2 is 2.50 bits per heavy atom. The summed E-state index contributed by atoms with van der Waals surface area (Å²) in [7, 11) is 1.77. The molecule has 1 fully saturated rings. The van der Waals surface area contributed by atoms with Gasteiger partial charge in [-0.15, -0.1) is 11.3 Å². The predicted molar refractivity (Wildman–Crippen MR) is 62.7 cm³/mol. The van der Waals surface area contributed by atoms with Gasteiger partial charge in [0.1, 0.15) is 6.04 Å². The van der Waals surface area contributed by atoms with Crippen molar-refractivity contribution >= 4 is 22.4 Å². The van der Waals surface area contributed by atoms with Gasteiger partial charge in [-0.25, -0.2) is 4.98 Å². The molecule has 5 nitrogen and oxygen atoms in total. The number of ether oxygens (including phenoxy) is 1. The summed E-state index contributed by atoms with van der Waals surface area (Å²) in [5, 5.41) is 5.60. The Kier molecular flexibility index (Phi) is 3.52. The minimum Gasteiger partial charge on any atom is -0.374 e. The van der Waals surface area contributed by atoms with Gasteiger partial charge < -0.3 is 10.1 Å². The van der Waals surface area contributed by atoms with Crippen LogP contribution in [-0.2, 0) is 9.53 Å². The number of anilines is 1. The lowest BCUT2D eigenvalue weighted by molar-refractivity contribution is -0.122. The first kappa shape index (κ1) is 11.5. The number of hydrogen-bond acceptors (Lipinski definition) is 5. The maximum absolute atomic E-state index is 12.2. The molecule has 2 rings (SSSR count). The van der Waals surface area contributed by atoms with Gasteiger partial charge in [0, 0.05) is 11.6 Å². The molecule has 0 aliphatic carbocycles. The Labute approximate surface area is 98.4 Å². The van der Waals surface area contributed by atoms with Crippen LogP contribution >= 0.6 is 11.3 Å². The van der Waals surface area contributed by atoms with Crippen LogP contribution in [0.5, 0.6) is 0 Å². The van der Waals surface area contributed by atoms with Crippen molar-refractivity contribution in [3.8, 4) is 0 Å². The van der Waals surface area contributed by atoms with E-state index >= 15 is 0 Å².